The van der Waals surface area contributed by atoms with Crippen LogP contribution in [0.25, 0.3) is 0 Å². The molecule has 1 heterocycles. The monoisotopic (exact) mass is 308 g/mol. The van der Waals surface area contributed by atoms with Crippen molar-refractivity contribution in [1.29, 1.82) is 0 Å². The van der Waals surface area contributed by atoms with Gasteiger partial charge in [0.1, 0.15) is 0 Å². The zero-order chi connectivity index (χ0) is 12.1. The van der Waals surface area contributed by atoms with Gasteiger partial charge in [-0.3, -0.25) is 4.98 Å². The fraction of sp³-hybridized carbons (Fsp3) is 0.154. The molecule has 88 valence electrons. The number of rotatable bonds is 4. The molecule has 2 N–H and O–H groups in total. The minimum atomic E-state index is 0.684. The topological polar surface area (TPSA) is 38.9 Å². The van der Waals surface area contributed by atoms with Crippen LogP contribution in [0.4, 0.5) is 0 Å². The van der Waals surface area contributed by atoms with Gasteiger partial charge < -0.3 is 5.73 Å². The molecule has 0 aliphatic rings. The number of nitrogens with two attached hydrogens (primary N) is 1. The highest BCUT2D eigenvalue weighted by Crippen LogP contribution is 2.33. The molecule has 1 aromatic carbocycles. The average molecular weight is 309 g/mol. The van der Waals surface area contributed by atoms with Gasteiger partial charge in [0.2, 0.25) is 0 Å². The molecular formula is C13H13BrN2S. The normalized spacial score (nSPS) is 10.5. The van der Waals surface area contributed by atoms with Crippen LogP contribution in [0.15, 0.2) is 57.0 Å². The molecule has 0 aliphatic carbocycles. The second kappa shape index (κ2) is 6.19. The van der Waals surface area contributed by atoms with Gasteiger partial charge in [-0.2, -0.15) is 0 Å². The molecule has 0 saturated carbocycles. The van der Waals surface area contributed by atoms with Gasteiger partial charge in [-0.1, -0.05) is 17.8 Å². The number of hydrogen-bond acceptors (Lipinski definition) is 3. The molecule has 0 radical (unpaired) electrons. The number of benzene rings is 1. The van der Waals surface area contributed by atoms with Crippen LogP contribution in [0, 0.1) is 0 Å². The molecule has 0 saturated heterocycles. The minimum Gasteiger partial charge on any atom is -0.330 e. The van der Waals surface area contributed by atoms with E-state index in [0.717, 1.165) is 10.9 Å². The van der Waals surface area contributed by atoms with E-state index in [-0.39, 0.29) is 0 Å². The summed E-state index contributed by atoms with van der Waals surface area (Å²) >= 11 is 5.32. The van der Waals surface area contributed by atoms with Crippen molar-refractivity contribution < 1.29 is 0 Å². The smallest absolute Gasteiger partial charge is 0.0317 e. The summed E-state index contributed by atoms with van der Waals surface area (Å²) in [6, 6.07) is 10.4. The lowest BCUT2D eigenvalue weighted by Gasteiger charge is -2.06. The quantitative estimate of drug-likeness (QED) is 0.939. The van der Waals surface area contributed by atoms with Crippen molar-refractivity contribution >= 4 is 27.7 Å². The first-order chi connectivity index (χ1) is 8.29. The van der Waals surface area contributed by atoms with Crippen molar-refractivity contribution in [3.8, 4) is 0 Å². The maximum Gasteiger partial charge on any atom is 0.0317 e. The summed E-state index contributed by atoms with van der Waals surface area (Å²) in [5, 5.41) is 0. The summed E-state index contributed by atoms with van der Waals surface area (Å²) in [5.41, 5.74) is 6.81. The van der Waals surface area contributed by atoms with E-state index in [0.29, 0.717) is 6.54 Å². The average Bonchev–Trinajstić information content (AvgIpc) is 2.34. The molecule has 17 heavy (non-hydrogen) atoms. The third-order valence-electron chi connectivity index (χ3n) is 2.31. The van der Waals surface area contributed by atoms with E-state index in [9.17, 15) is 0 Å². The summed E-state index contributed by atoms with van der Waals surface area (Å²) in [4.78, 5) is 6.40. The highest BCUT2D eigenvalue weighted by Gasteiger charge is 2.03. The van der Waals surface area contributed by atoms with Crippen LogP contribution >= 0.6 is 27.7 Å². The van der Waals surface area contributed by atoms with Gasteiger partial charge in [0.15, 0.2) is 0 Å². The Bertz CT molecular complexity index is 488. The highest BCUT2D eigenvalue weighted by molar-refractivity contribution is 9.10. The zero-order valence-electron chi connectivity index (χ0n) is 9.27. The third kappa shape index (κ3) is 3.56. The van der Waals surface area contributed by atoms with Crippen molar-refractivity contribution in [2.24, 2.45) is 5.73 Å². The van der Waals surface area contributed by atoms with Crippen LogP contribution in [0.2, 0.25) is 0 Å². The van der Waals surface area contributed by atoms with Crippen LogP contribution in [-0.4, -0.2) is 11.5 Å². The number of aromatic nitrogens is 1. The van der Waals surface area contributed by atoms with E-state index < -0.39 is 0 Å². The molecule has 0 atom stereocenters. The number of pyridine rings is 1. The molecule has 0 unspecified atom stereocenters. The Morgan fingerprint density at radius 2 is 1.94 bits per heavy atom. The predicted molar refractivity (Wildman–Crippen MR) is 75.3 cm³/mol. The molecule has 2 rings (SSSR count). The lowest BCUT2D eigenvalue weighted by atomic mass is 10.2. The van der Waals surface area contributed by atoms with Gasteiger partial charge >= 0.3 is 0 Å². The van der Waals surface area contributed by atoms with Crippen molar-refractivity contribution in [3.05, 3.63) is 52.8 Å². The summed E-state index contributed by atoms with van der Waals surface area (Å²) in [6.07, 6.45) is 4.52. The largest absolute Gasteiger partial charge is 0.330 e. The Balaban J connectivity index is 2.17. The maximum atomic E-state index is 5.54. The number of halogens is 1. The van der Waals surface area contributed by atoms with Crippen LogP contribution in [0.3, 0.4) is 0 Å². The first-order valence-corrected chi connectivity index (χ1v) is 6.97. The van der Waals surface area contributed by atoms with Gasteiger partial charge in [-0.05, 0) is 58.7 Å². The van der Waals surface area contributed by atoms with E-state index >= 15 is 0 Å². The van der Waals surface area contributed by atoms with E-state index in [1.165, 1.54) is 15.4 Å². The van der Waals surface area contributed by atoms with Crippen LogP contribution < -0.4 is 5.73 Å². The van der Waals surface area contributed by atoms with Gasteiger partial charge in [0.25, 0.3) is 0 Å². The molecule has 2 aromatic rings. The van der Waals surface area contributed by atoms with Crippen molar-refractivity contribution in [2.45, 2.75) is 16.2 Å². The Hall–Kier alpha value is -0.840. The van der Waals surface area contributed by atoms with E-state index in [4.69, 9.17) is 5.73 Å². The first kappa shape index (κ1) is 12.6. The summed E-state index contributed by atoms with van der Waals surface area (Å²) < 4.78 is 1.12. The standard InChI is InChI=1S/C13H13BrN2S/c14-12-9-10(3-6-15)1-2-13(12)17-11-4-7-16-8-5-11/h1-2,4-5,7-9H,3,6,15H2. The van der Waals surface area contributed by atoms with Crippen LogP contribution in [0.5, 0.6) is 0 Å². The van der Waals surface area contributed by atoms with E-state index in [1.807, 2.05) is 12.1 Å². The molecule has 0 spiro atoms. The van der Waals surface area contributed by atoms with E-state index in [2.05, 4.69) is 39.1 Å². The van der Waals surface area contributed by atoms with Crippen molar-refractivity contribution in [2.75, 3.05) is 6.54 Å². The fourth-order valence-corrected chi connectivity index (χ4v) is 2.96. The second-order valence-electron chi connectivity index (χ2n) is 3.59. The number of nitrogens with zero attached hydrogens (tertiary/aromatic N) is 1. The Kier molecular flexibility index (Phi) is 4.59. The maximum absolute atomic E-state index is 5.54. The summed E-state index contributed by atoms with van der Waals surface area (Å²) in [6.45, 7) is 0.684. The third-order valence-corrected chi connectivity index (χ3v) is 4.31. The van der Waals surface area contributed by atoms with E-state index in [1.54, 1.807) is 24.2 Å². The lowest BCUT2D eigenvalue weighted by molar-refractivity contribution is 0.965. The van der Waals surface area contributed by atoms with Crippen LogP contribution in [-0.2, 0) is 6.42 Å². The van der Waals surface area contributed by atoms with Gasteiger partial charge in [-0.25, -0.2) is 0 Å². The van der Waals surface area contributed by atoms with Gasteiger partial charge in [0.05, 0.1) is 0 Å². The molecule has 2 nitrogen and oxygen atoms in total. The van der Waals surface area contributed by atoms with Gasteiger partial charge in [0, 0.05) is 26.7 Å². The zero-order valence-corrected chi connectivity index (χ0v) is 11.7. The predicted octanol–water partition coefficient (Wildman–Crippen LogP) is 3.50. The Morgan fingerprint density at radius 3 is 2.59 bits per heavy atom. The van der Waals surface area contributed by atoms with Crippen LogP contribution in [0.1, 0.15) is 5.56 Å². The SMILES string of the molecule is NCCc1ccc(Sc2ccncc2)c(Br)c1. The molecule has 4 heteroatoms. The molecule has 0 bridgehead atoms. The summed E-state index contributed by atoms with van der Waals surface area (Å²) in [5.74, 6) is 0. The second-order valence-corrected chi connectivity index (χ2v) is 5.56. The highest BCUT2D eigenvalue weighted by atomic mass is 79.9. The van der Waals surface area contributed by atoms with Crippen molar-refractivity contribution in [1.82, 2.24) is 4.98 Å². The van der Waals surface area contributed by atoms with Crippen molar-refractivity contribution in [3.63, 3.8) is 0 Å². The molecule has 0 fully saturated rings. The van der Waals surface area contributed by atoms with Gasteiger partial charge in [-0.15, -0.1) is 0 Å². The molecular weight excluding hydrogens is 296 g/mol. The molecule has 0 amide bonds. The summed E-state index contributed by atoms with van der Waals surface area (Å²) in [7, 11) is 0. The lowest BCUT2D eigenvalue weighted by Crippen LogP contribution is -2.02. The fourth-order valence-electron chi connectivity index (χ4n) is 1.48. The molecule has 1 aromatic heterocycles. The first-order valence-electron chi connectivity index (χ1n) is 5.36. The Labute approximate surface area is 114 Å². The minimum absolute atomic E-state index is 0.684. The number of hydrogen-bond donors (Lipinski definition) is 1. The molecule has 0 aliphatic heterocycles. The Morgan fingerprint density at radius 1 is 1.18 bits per heavy atom.